The third-order valence-electron chi connectivity index (χ3n) is 2.94. The first-order valence-electron chi connectivity index (χ1n) is 6.63. The molecule has 0 fully saturated rings. The zero-order chi connectivity index (χ0) is 15.8. The fourth-order valence-corrected chi connectivity index (χ4v) is 1.86. The van der Waals surface area contributed by atoms with E-state index in [9.17, 15) is 14.9 Å². The number of hydrogen-bond donors (Lipinski definition) is 1. The molecule has 1 N–H and O–H groups in total. The summed E-state index contributed by atoms with van der Waals surface area (Å²) in [6.07, 6.45) is 0. The Morgan fingerprint density at radius 1 is 1.52 bits per heavy atom. The largest absolute Gasteiger partial charge is 0.319 e. The molecule has 0 saturated heterocycles. The Balaban J connectivity index is 2.69. The van der Waals surface area contributed by atoms with Crippen molar-refractivity contribution in [1.82, 2.24) is 4.90 Å². The van der Waals surface area contributed by atoms with Crippen molar-refractivity contribution in [3.8, 4) is 6.07 Å². The van der Waals surface area contributed by atoms with Crippen LogP contribution in [-0.2, 0) is 4.79 Å². The minimum atomic E-state index is -0.537. The highest BCUT2D eigenvalue weighted by Gasteiger charge is 2.17. The number of amides is 1. The van der Waals surface area contributed by atoms with Gasteiger partial charge < -0.3 is 5.32 Å². The van der Waals surface area contributed by atoms with Crippen molar-refractivity contribution in [2.45, 2.75) is 13.8 Å². The molecule has 0 saturated carbocycles. The van der Waals surface area contributed by atoms with Crippen LogP contribution in [-0.4, -0.2) is 35.4 Å². The number of rotatable bonds is 7. The zero-order valence-corrected chi connectivity index (χ0v) is 12.1. The van der Waals surface area contributed by atoms with Gasteiger partial charge in [0.1, 0.15) is 5.69 Å². The molecular weight excluding hydrogens is 272 g/mol. The summed E-state index contributed by atoms with van der Waals surface area (Å²) in [5, 5.41) is 22.2. The Morgan fingerprint density at radius 2 is 2.19 bits per heavy atom. The summed E-state index contributed by atoms with van der Waals surface area (Å²) < 4.78 is 0. The molecule has 0 aliphatic heterocycles. The maximum atomic E-state index is 12.0. The van der Waals surface area contributed by atoms with E-state index in [1.54, 1.807) is 19.1 Å². The van der Waals surface area contributed by atoms with Crippen molar-refractivity contribution in [2.75, 3.05) is 25.0 Å². The summed E-state index contributed by atoms with van der Waals surface area (Å²) >= 11 is 0. The average Bonchev–Trinajstić information content (AvgIpc) is 2.46. The zero-order valence-electron chi connectivity index (χ0n) is 12.1. The molecule has 0 aliphatic carbocycles. The summed E-state index contributed by atoms with van der Waals surface area (Å²) in [7, 11) is 0. The van der Waals surface area contributed by atoms with E-state index in [-0.39, 0.29) is 29.7 Å². The van der Waals surface area contributed by atoms with E-state index in [2.05, 4.69) is 11.4 Å². The number of nitro benzene ring substituents is 1. The molecule has 1 rings (SSSR count). The van der Waals surface area contributed by atoms with E-state index in [4.69, 9.17) is 5.26 Å². The van der Waals surface area contributed by atoms with Gasteiger partial charge in [0.2, 0.25) is 5.91 Å². The summed E-state index contributed by atoms with van der Waals surface area (Å²) in [6.45, 7) is 4.87. The fourth-order valence-electron chi connectivity index (χ4n) is 1.86. The topological polar surface area (TPSA) is 99.3 Å². The molecular formula is C14H18N4O3. The van der Waals surface area contributed by atoms with Crippen LogP contribution in [0.15, 0.2) is 24.3 Å². The number of nitro groups is 1. The Bertz CT molecular complexity index is 553. The van der Waals surface area contributed by atoms with Crippen molar-refractivity contribution >= 4 is 17.3 Å². The molecule has 0 aromatic heterocycles. The predicted octanol–water partition coefficient (Wildman–Crippen LogP) is 2.01. The Hall–Kier alpha value is -2.46. The second-order valence-corrected chi connectivity index (χ2v) is 4.68. The number of carbonyl (C=O) groups is 1. The first-order valence-corrected chi connectivity index (χ1v) is 6.63. The molecule has 7 heteroatoms. The van der Waals surface area contributed by atoms with Gasteiger partial charge in [-0.15, -0.1) is 0 Å². The van der Waals surface area contributed by atoms with Gasteiger partial charge in [-0.3, -0.25) is 19.8 Å². The minimum Gasteiger partial charge on any atom is -0.319 e. The van der Waals surface area contributed by atoms with Crippen LogP contribution in [0.1, 0.15) is 13.8 Å². The van der Waals surface area contributed by atoms with Crippen molar-refractivity contribution in [2.24, 2.45) is 5.92 Å². The lowest BCUT2D eigenvalue weighted by Gasteiger charge is -2.20. The fraction of sp³-hybridized carbons (Fsp3) is 0.429. The summed E-state index contributed by atoms with van der Waals surface area (Å²) in [5.41, 5.74) is 0.0381. The van der Waals surface area contributed by atoms with Crippen LogP contribution >= 0.6 is 0 Å². The van der Waals surface area contributed by atoms with Gasteiger partial charge in [0.05, 0.1) is 23.5 Å². The number of nitriles is 1. The van der Waals surface area contributed by atoms with Crippen LogP contribution in [0.5, 0.6) is 0 Å². The molecule has 7 nitrogen and oxygen atoms in total. The predicted molar refractivity (Wildman–Crippen MR) is 78.6 cm³/mol. The molecule has 1 aromatic carbocycles. The first-order chi connectivity index (χ1) is 9.97. The SMILES string of the molecule is CCN(CC(=O)Nc1ccccc1[N+](=O)[O-])C[C@@H](C)C#N. The van der Waals surface area contributed by atoms with Gasteiger partial charge in [0.15, 0.2) is 0 Å². The minimum absolute atomic E-state index is 0.0918. The molecule has 0 unspecified atom stereocenters. The Labute approximate surface area is 123 Å². The maximum absolute atomic E-state index is 12.0. The second kappa shape index (κ2) is 7.97. The molecule has 1 amide bonds. The molecule has 0 aliphatic rings. The first kappa shape index (κ1) is 16.6. The lowest BCUT2D eigenvalue weighted by molar-refractivity contribution is -0.383. The van der Waals surface area contributed by atoms with E-state index >= 15 is 0 Å². The number of para-hydroxylation sites is 2. The Kier molecular flexibility index (Phi) is 6.30. The van der Waals surface area contributed by atoms with Gasteiger partial charge in [-0.25, -0.2) is 0 Å². The molecule has 1 atom stereocenters. The third-order valence-corrected chi connectivity index (χ3v) is 2.94. The number of benzene rings is 1. The molecule has 0 bridgehead atoms. The molecule has 0 spiro atoms. The number of nitrogens with one attached hydrogen (secondary N) is 1. The molecule has 21 heavy (non-hydrogen) atoms. The average molecular weight is 290 g/mol. The second-order valence-electron chi connectivity index (χ2n) is 4.68. The van der Waals surface area contributed by atoms with E-state index in [0.717, 1.165) is 0 Å². The maximum Gasteiger partial charge on any atom is 0.292 e. The van der Waals surface area contributed by atoms with E-state index < -0.39 is 4.92 Å². The van der Waals surface area contributed by atoms with E-state index in [1.165, 1.54) is 12.1 Å². The Morgan fingerprint density at radius 3 is 2.76 bits per heavy atom. The highest BCUT2D eigenvalue weighted by atomic mass is 16.6. The lowest BCUT2D eigenvalue weighted by atomic mass is 10.2. The van der Waals surface area contributed by atoms with Crippen LogP contribution in [0.2, 0.25) is 0 Å². The lowest BCUT2D eigenvalue weighted by Crippen LogP contribution is -2.35. The number of hydrogen-bond acceptors (Lipinski definition) is 5. The highest BCUT2D eigenvalue weighted by molar-refractivity contribution is 5.94. The van der Waals surface area contributed by atoms with Gasteiger partial charge in [-0.2, -0.15) is 5.26 Å². The van der Waals surface area contributed by atoms with Crippen molar-refractivity contribution in [3.05, 3.63) is 34.4 Å². The van der Waals surface area contributed by atoms with Gasteiger partial charge in [-0.05, 0) is 19.5 Å². The monoisotopic (exact) mass is 290 g/mol. The van der Waals surface area contributed by atoms with Gasteiger partial charge in [0, 0.05) is 12.6 Å². The highest BCUT2D eigenvalue weighted by Crippen LogP contribution is 2.22. The number of nitrogens with zero attached hydrogens (tertiary/aromatic N) is 3. The quantitative estimate of drug-likeness (QED) is 0.611. The van der Waals surface area contributed by atoms with Crippen LogP contribution < -0.4 is 5.32 Å². The van der Waals surface area contributed by atoms with Gasteiger partial charge in [0.25, 0.3) is 5.69 Å². The smallest absolute Gasteiger partial charge is 0.292 e. The van der Waals surface area contributed by atoms with Crippen molar-refractivity contribution < 1.29 is 9.72 Å². The number of anilines is 1. The summed E-state index contributed by atoms with van der Waals surface area (Å²) in [4.78, 5) is 24.1. The molecule has 0 heterocycles. The van der Waals surface area contributed by atoms with Crippen LogP contribution in [0.4, 0.5) is 11.4 Å². The normalized spacial score (nSPS) is 11.7. The van der Waals surface area contributed by atoms with E-state index in [0.29, 0.717) is 13.1 Å². The molecule has 0 radical (unpaired) electrons. The third kappa shape index (κ3) is 5.20. The van der Waals surface area contributed by atoms with Crippen LogP contribution in [0.3, 0.4) is 0 Å². The molecule has 1 aromatic rings. The molecule has 112 valence electrons. The van der Waals surface area contributed by atoms with E-state index in [1.807, 2.05) is 11.8 Å². The summed E-state index contributed by atoms with van der Waals surface area (Å²) in [6, 6.07) is 8.11. The van der Waals surface area contributed by atoms with Crippen molar-refractivity contribution in [1.29, 1.82) is 5.26 Å². The number of likely N-dealkylation sites (N-methyl/N-ethyl adjacent to an activating group) is 1. The van der Waals surface area contributed by atoms with Gasteiger partial charge in [-0.1, -0.05) is 19.1 Å². The van der Waals surface area contributed by atoms with Crippen LogP contribution in [0, 0.1) is 27.4 Å². The standard InChI is InChI=1S/C14H18N4O3/c1-3-17(9-11(2)8-15)10-14(19)16-12-6-4-5-7-13(12)18(20)21/h4-7,11H,3,9-10H2,1-2H3,(H,16,19)/t11-/m0/s1. The van der Waals surface area contributed by atoms with Crippen molar-refractivity contribution in [3.63, 3.8) is 0 Å². The van der Waals surface area contributed by atoms with Gasteiger partial charge >= 0.3 is 0 Å². The van der Waals surface area contributed by atoms with Crippen LogP contribution in [0.25, 0.3) is 0 Å². The number of carbonyl (C=O) groups excluding carboxylic acids is 1. The summed E-state index contributed by atoms with van der Waals surface area (Å²) in [5.74, 6) is -0.514.